The highest BCUT2D eigenvalue weighted by Crippen LogP contribution is 2.37. The maximum atomic E-state index is 12.3. The van der Waals surface area contributed by atoms with Gasteiger partial charge in [-0.25, -0.2) is 8.78 Å². The Kier molecular flexibility index (Phi) is 2.87. The monoisotopic (exact) mass is 207 g/mol. The van der Waals surface area contributed by atoms with Crippen molar-refractivity contribution in [3.05, 3.63) is 0 Å². The van der Waals surface area contributed by atoms with Crippen molar-refractivity contribution in [1.29, 1.82) is 0 Å². The van der Waals surface area contributed by atoms with Gasteiger partial charge in [-0.15, -0.1) is 0 Å². The zero-order chi connectivity index (χ0) is 10.8. The van der Waals surface area contributed by atoms with Crippen LogP contribution in [0.15, 0.2) is 5.16 Å². The number of amides is 1. The fraction of sp³-hybridized carbons (Fsp3) is 0.714. The molecule has 4 N–H and O–H groups in total. The van der Waals surface area contributed by atoms with Crippen molar-refractivity contribution in [3.8, 4) is 0 Å². The largest absolute Gasteiger partial charge is 0.409 e. The van der Waals surface area contributed by atoms with E-state index in [2.05, 4.69) is 10.5 Å². The number of halogens is 2. The highest BCUT2D eigenvalue weighted by Gasteiger charge is 2.45. The average Bonchev–Trinajstić information content (AvgIpc) is 2.00. The minimum absolute atomic E-state index is 0.242. The fourth-order valence-electron chi connectivity index (χ4n) is 1.24. The third kappa shape index (κ3) is 2.82. The molecule has 0 unspecified atom stereocenters. The van der Waals surface area contributed by atoms with Crippen LogP contribution in [0.2, 0.25) is 0 Å². The average molecular weight is 207 g/mol. The summed E-state index contributed by atoms with van der Waals surface area (Å²) in [5.41, 5.74) is 5.05. The number of alkyl halides is 2. The molecule has 1 fully saturated rings. The van der Waals surface area contributed by atoms with Gasteiger partial charge in [-0.2, -0.15) is 0 Å². The van der Waals surface area contributed by atoms with Crippen LogP contribution in [0.5, 0.6) is 0 Å². The lowest BCUT2D eigenvalue weighted by Crippen LogP contribution is -2.51. The molecule has 0 saturated heterocycles. The summed E-state index contributed by atoms with van der Waals surface area (Å²) in [5.74, 6) is -3.41. The Morgan fingerprint density at radius 1 is 1.64 bits per heavy atom. The summed E-state index contributed by atoms with van der Waals surface area (Å²) in [6.45, 7) is 0. The molecular formula is C7H11F2N3O2. The Bertz CT molecular complexity index is 260. The lowest BCUT2D eigenvalue weighted by Gasteiger charge is -2.35. The summed E-state index contributed by atoms with van der Waals surface area (Å²) in [5, 5.41) is 13.1. The smallest absolute Gasteiger partial charge is 0.252 e. The van der Waals surface area contributed by atoms with Gasteiger partial charge in [-0.3, -0.25) is 4.79 Å². The van der Waals surface area contributed by atoms with Gasteiger partial charge in [-0.05, 0) is 0 Å². The minimum Gasteiger partial charge on any atom is -0.409 e. The second kappa shape index (κ2) is 3.77. The van der Waals surface area contributed by atoms with Crippen LogP contribution in [-0.2, 0) is 4.79 Å². The lowest BCUT2D eigenvalue weighted by molar-refractivity contribution is -0.128. The standard InChI is InChI=1S/C7H11F2N3O2/c8-7(9)2-4(3-7)11-6(13)1-5(10)12-14/h4,14H,1-3H2,(H2,10,12)(H,11,13). The number of nitrogens with two attached hydrogens (primary N) is 1. The summed E-state index contributed by atoms with van der Waals surface area (Å²) < 4.78 is 24.7. The van der Waals surface area contributed by atoms with E-state index in [0.717, 1.165) is 0 Å². The van der Waals surface area contributed by atoms with Crippen molar-refractivity contribution < 1.29 is 18.8 Å². The number of nitrogens with one attached hydrogen (secondary N) is 1. The van der Waals surface area contributed by atoms with Gasteiger partial charge in [-0.1, -0.05) is 5.16 Å². The third-order valence-electron chi connectivity index (χ3n) is 1.93. The zero-order valence-electron chi connectivity index (χ0n) is 7.33. The van der Waals surface area contributed by atoms with Crippen LogP contribution in [0, 0.1) is 0 Å². The normalized spacial score (nSPS) is 21.4. The molecule has 1 saturated carbocycles. The van der Waals surface area contributed by atoms with Gasteiger partial charge in [0.25, 0.3) is 5.92 Å². The maximum absolute atomic E-state index is 12.3. The first-order chi connectivity index (χ1) is 6.43. The summed E-state index contributed by atoms with van der Waals surface area (Å²) >= 11 is 0. The summed E-state index contributed by atoms with van der Waals surface area (Å²) in [4.78, 5) is 11.0. The van der Waals surface area contributed by atoms with Crippen LogP contribution in [0.3, 0.4) is 0 Å². The summed E-state index contributed by atoms with van der Waals surface area (Å²) in [6, 6.07) is -0.496. The quantitative estimate of drug-likeness (QED) is 0.264. The number of amidine groups is 1. The van der Waals surface area contributed by atoms with Crippen molar-refractivity contribution in [2.24, 2.45) is 10.9 Å². The minimum atomic E-state index is -2.66. The predicted molar refractivity (Wildman–Crippen MR) is 44.1 cm³/mol. The zero-order valence-corrected chi connectivity index (χ0v) is 7.33. The van der Waals surface area contributed by atoms with E-state index in [4.69, 9.17) is 10.9 Å². The van der Waals surface area contributed by atoms with Crippen LogP contribution in [0.1, 0.15) is 19.3 Å². The third-order valence-corrected chi connectivity index (χ3v) is 1.93. The topological polar surface area (TPSA) is 87.7 Å². The van der Waals surface area contributed by atoms with Crippen LogP contribution < -0.4 is 11.1 Å². The molecule has 14 heavy (non-hydrogen) atoms. The van der Waals surface area contributed by atoms with Crippen molar-refractivity contribution in [2.45, 2.75) is 31.2 Å². The SMILES string of the molecule is N/C(CC(=O)NC1CC(F)(F)C1)=N\O. The van der Waals surface area contributed by atoms with Gasteiger partial charge < -0.3 is 16.3 Å². The van der Waals surface area contributed by atoms with E-state index in [0.29, 0.717) is 0 Å². The number of carbonyl (C=O) groups excluding carboxylic acids is 1. The molecule has 0 aromatic rings. The van der Waals surface area contributed by atoms with E-state index in [1.807, 2.05) is 0 Å². The van der Waals surface area contributed by atoms with E-state index < -0.39 is 17.9 Å². The van der Waals surface area contributed by atoms with Crippen LogP contribution in [0.4, 0.5) is 8.78 Å². The number of carbonyl (C=O) groups is 1. The van der Waals surface area contributed by atoms with Crippen LogP contribution in [-0.4, -0.2) is 28.9 Å². The molecule has 0 heterocycles. The van der Waals surface area contributed by atoms with E-state index in [1.165, 1.54) is 0 Å². The second-order valence-corrected chi connectivity index (χ2v) is 3.30. The first-order valence-electron chi connectivity index (χ1n) is 4.06. The molecule has 5 nitrogen and oxygen atoms in total. The summed E-state index contributed by atoms with van der Waals surface area (Å²) in [6.07, 6.45) is -0.956. The first kappa shape index (κ1) is 10.7. The molecule has 0 aromatic heterocycles. The van der Waals surface area contributed by atoms with Gasteiger partial charge in [0.15, 0.2) is 0 Å². The van der Waals surface area contributed by atoms with Crippen LogP contribution >= 0.6 is 0 Å². The van der Waals surface area contributed by atoms with Gasteiger partial charge >= 0.3 is 0 Å². The van der Waals surface area contributed by atoms with E-state index in [-0.39, 0.29) is 25.1 Å². The van der Waals surface area contributed by atoms with E-state index >= 15 is 0 Å². The highest BCUT2D eigenvalue weighted by molar-refractivity contribution is 5.98. The Morgan fingerprint density at radius 2 is 2.21 bits per heavy atom. The first-order valence-corrected chi connectivity index (χ1v) is 4.06. The number of hydrogen-bond donors (Lipinski definition) is 3. The van der Waals surface area contributed by atoms with E-state index in [1.54, 1.807) is 0 Å². The molecule has 7 heteroatoms. The molecule has 1 aliphatic rings. The van der Waals surface area contributed by atoms with E-state index in [9.17, 15) is 13.6 Å². The number of oxime groups is 1. The lowest BCUT2D eigenvalue weighted by atomic mass is 9.88. The predicted octanol–water partition coefficient (Wildman–Crippen LogP) is 0.0368. The molecule has 0 aromatic carbocycles. The molecular weight excluding hydrogens is 196 g/mol. The molecule has 0 aliphatic heterocycles. The van der Waals surface area contributed by atoms with Crippen molar-refractivity contribution in [2.75, 3.05) is 0 Å². The van der Waals surface area contributed by atoms with Crippen molar-refractivity contribution in [1.82, 2.24) is 5.32 Å². The Hall–Kier alpha value is -1.40. The van der Waals surface area contributed by atoms with Gasteiger partial charge in [0.2, 0.25) is 5.91 Å². The molecule has 0 atom stereocenters. The van der Waals surface area contributed by atoms with Gasteiger partial charge in [0, 0.05) is 18.9 Å². The van der Waals surface area contributed by atoms with Crippen LogP contribution in [0.25, 0.3) is 0 Å². The van der Waals surface area contributed by atoms with Crippen molar-refractivity contribution in [3.63, 3.8) is 0 Å². The molecule has 1 aliphatic carbocycles. The Balaban J connectivity index is 2.23. The molecule has 80 valence electrons. The number of hydrogen-bond acceptors (Lipinski definition) is 3. The Morgan fingerprint density at radius 3 is 2.64 bits per heavy atom. The number of rotatable bonds is 3. The Labute approximate surface area is 78.9 Å². The fourth-order valence-corrected chi connectivity index (χ4v) is 1.24. The maximum Gasteiger partial charge on any atom is 0.252 e. The molecule has 1 amide bonds. The molecule has 0 bridgehead atoms. The van der Waals surface area contributed by atoms with Gasteiger partial charge in [0.1, 0.15) is 5.84 Å². The van der Waals surface area contributed by atoms with Crippen molar-refractivity contribution >= 4 is 11.7 Å². The number of nitrogens with zero attached hydrogens (tertiary/aromatic N) is 1. The molecule has 1 rings (SSSR count). The summed E-state index contributed by atoms with van der Waals surface area (Å²) in [7, 11) is 0. The molecule has 0 radical (unpaired) electrons. The molecule has 0 spiro atoms. The second-order valence-electron chi connectivity index (χ2n) is 3.30. The van der Waals surface area contributed by atoms with Gasteiger partial charge in [0.05, 0.1) is 6.42 Å². The highest BCUT2D eigenvalue weighted by atomic mass is 19.3.